The van der Waals surface area contributed by atoms with E-state index in [4.69, 9.17) is 50.7 Å². The van der Waals surface area contributed by atoms with Gasteiger partial charge < -0.3 is 62.9 Å². The number of anilines is 2. The minimum atomic E-state index is -5.36. The van der Waals surface area contributed by atoms with Crippen LogP contribution in [0.15, 0.2) is 106 Å². The van der Waals surface area contributed by atoms with Crippen molar-refractivity contribution in [2.24, 2.45) is 35.9 Å². The molecular formula is C56H66N14O16S3+2. The highest BCUT2D eigenvalue weighted by Gasteiger charge is 2.61. The first-order valence-electron chi connectivity index (χ1n) is 27.3. The highest BCUT2D eigenvalue weighted by molar-refractivity contribution is 7.81. The standard InChI is InChI=1S/C56H64N14O16S3/c1-55(2)45(63-47(71)43(39-29-87-53(59)61-39)65-83-41(51(75)76)27-81-37-19-13-31(14-20-37)33-11-17-35(9-7-23-57)67(5)25-33)49(73)69(55)85-89(79,80)86-70-50(74)46(56(70,3)4)64-48(72)44(40-30-88-54(60)62-40)66-84-42(52(77)78)28-82-38-21-15-32(16-22-38)34-12-18-36(10-8-24-58)68(6)26-34/h11-22,25-26,29-30,41-42,45-46H,7-10,23-24,27-28,57-58H2,1-6H3,(H6-2,59,60,61,62,63,64,71,72,75,76,77,78)/p+2/b65-43-,66-44-/t41-,42-,45+,46+/m0/s1. The van der Waals surface area contributed by atoms with E-state index >= 15 is 0 Å². The zero-order chi connectivity index (χ0) is 64.5. The van der Waals surface area contributed by atoms with Crippen LogP contribution < -0.4 is 52.2 Å². The van der Waals surface area contributed by atoms with E-state index in [1.165, 1.54) is 38.5 Å². The quantitative estimate of drug-likeness (QED) is 0.0135. The number of aliphatic carboxylic acids is 2. The van der Waals surface area contributed by atoms with Gasteiger partial charge in [0.2, 0.25) is 0 Å². The van der Waals surface area contributed by atoms with E-state index in [-0.39, 0.29) is 21.7 Å². The van der Waals surface area contributed by atoms with Gasteiger partial charge in [-0.3, -0.25) is 19.2 Å². The Morgan fingerprint density at radius 1 is 0.629 bits per heavy atom. The Labute approximate surface area is 517 Å². The molecule has 2 aromatic carbocycles. The molecule has 0 saturated carbocycles. The Hall–Kier alpha value is -9.25. The third kappa shape index (κ3) is 15.5. The normalized spacial score (nSPS) is 17.0. The Balaban J connectivity index is 0.859. The molecule has 2 aliphatic heterocycles. The number of hydroxylamine groups is 4. The van der Waals surface area contributed by atoms with Gasteiger partial charge in [-0.05, 0) is 101 Å². The van der Waals surface area contributed by atoms with Crippen LogP contribution in [0, 0.1) is 0 Å². The van der Waals surface area contributed by atoms with Gasteiger partial charge in [0.05, 0.1) is 11.1 Å². The smallest absolute Gasteiger partial charge is 0.442 e. The summed E-state index contributed by atoms with van der Waals surface area (Å²) in [5.74, 6) is -6.93. The van der Waals surface area contributed by atoms with E-state index < -0.39 is 106 Å². The van der Waals surface area contributed by atoms with Crippen LogP contribution >= 0.6 is 22.7 Å². The number of rotatable bonds is 30. The predicted molar refractivity (Wildman–Crippen MR) is 320 cm³/mol. The number of pyridine rings is 2. The second-order valence-corrected chi connectivity index (χ2v) is 24.2. The van der Waals surface area contributed by atoms with E-state index in [0.29, 0.717) is 34.7 Å². The van der Waals surface area contributed by atoms with Crippen molar-refractivity contribution in [3.63, 3.8) is 0 Å². The molecule has 30 nitrogen and oxygen atoms in total. The number of amides is 4. The number of nitrogens with one attached hydrogen (secondary N) is 2. The van der Waals surface area contributed by atoms with Crippen molar-refractivity contribution in [1.29, 1.82) is 0 Å². The van der Waals surface area contributed by atoms with Crippen molar-refractivity contribution in [3.8, 4) is 33.8 Å². The van der Waals surface area contributed by atoms with Crippen molar-refractivity contribution in [3.05, 3.63) is 119 Å². The number of ether oxygens (including phenoxy) is 2. The minimum absolute atomic E-state index is 0.00981. The number of nitrogens with zero attached hydrogens (tertiary/aromatic N) is 8. The predicted octanol–water partition coefficient (Wildman–Crippen LogP) is 1.05. The van der Waals surface area contributed by atoms with Gasteiger partial charge in [-0.25, -0.2) is 28.7 Å². The largest absolute Gasteiger partial charge is 0.489 e. The Bertz CT molecular complexity index is 3570. The average Bonchev–Trinajstić information content (AvgIpc) is 1.07. The molecule has 89 heavy (non-hydrogen) atoms. The lowest BCUT2D eigenvalue weighted by atomic mass is 9.84. The number of thiazole rings is 2. The summed E-state index contributed by atoms with van der Waals surface area (Å²) in [6, 6.07) is 18.7. The third-order valence-corrected chi connectivity index (χ3v) is 16.2. The van der Waals surface area contributed by atoms with Crippen LogP contribution in [0.25, 0.3) is 22.3 Å². The van der Waals surface area contributed by atoms with E-state index in [2.05, 4.69) is 30.9 Å². The average molecular weight is 1290 g/mol. The summed E-state index contributed by atoms with van der Waals surface area (Å²) >= 11 is 1.81. The van der Waals surface area contributed by atoms with Gasteiger partial charge >= 0.3 is 22.3 Å². The Morgan fingerprint density at radius 2 is 0.989 bits per heavy atom. The van der Waals surface area contributed by atoms with Crippen molar-refractivity contribution in [2.75, 3.05) is 37.8 Å². The molecule has 0 unspecified atom stereocenters. The second-order valence-electron chi connectivity index (χ2n) is 21.3. The van der Waals surface area contributed by atoms with Crippen LogP contribution in [0.4, 0.5) is 10.3 Å². The third-order valence-electron chi connectivity index (χ3n) is 14.2. The van der Waals surface area contributed by atoms with E-state index in [0.717, 1.165) is 82.0 Å². The summed E-state index contributed by atoms with van der Waals surface area (Å²) in [4.78, 5) is 98.4. The molecule has 0 bridgehead atoms. The van der Waals surface area contributed by atoms with Crippen molar-refractivity contribution in [1.82, 2.24) is 30.7 Å². The molecule has 8 rings (SSSR count). The number of nitrogen functional groups attached to an aromatic ring is 2. The number of hydrogen-bond acceptors (Lipinski definition) is 24. The van der Waals surface area contributed by atoms with Crippen molar-refractivity contribution < 1.29 is 84.2 Å². The number of oxime groups is 2. The fraction of sp³-hybridized carbons (Fsp3) is 0.357. The maximum atomic E-state index is 13.9. The monoisotopic (exact) mass is 1290 g/mol. The summed E-state index contributed by atoms with van der Waals surface area (Å²) in [6.07, 6.45) is 3.77. The number of hydrogen-bond donors (Lipinski definition) is 8. The molecule has 6 heterocycles. The zero-order valence-electron chi connectivity index (χ0n) is 48.9. The fourth-order valence-electron chi connectivity index (χ4n) is 9.11. The first kappa shape index (κ1) is 65.7. The topological polar surface area (TPSA) is 425 Å². The fourth-order valence-corrected chi connectivity index (χ4v) is 11.1. The summed E-state index contributed by atoms with van der Waals surface area (Å²) in [7, 11) is -1.48. The van der Waals surface area contributed by atoms with Gasteiger partial charge in [0.25, 0.3) is 35.8 Å². The number of aromatic nitrogens is 4. The molecule has 4 aromatic heterocycles. The van der Waals surface area contributed by atoms with Crippen molar-refractivity contribution in [2.45, 2.75) is 88.7 Å². The summed E-state index contributed by atoms with van der Waals surface area (Å²) < 4.78 is 52.4. The molecule has 4 amide bonds. The van der Waals surface area contributed by atoms with Gasteiger partial charge in [0, 0.05) is 46.9 Å². The summed E-state index contributed by atoms with van der Waals surface area (Å²) in [6.45, 7) is 5.26. The van der Waals surface area contributed by atoms with Gasteiger partial charge in [-0.15, -0.1) is 31.2 Å². The van der Waals surface area contributed by atoms with Crippen LogP contribution in [-0.2, 0) is 84.3 Å². The number of nitrogens with two attached hydrogens (primary N) is 4. The van der Waals surface area contributed by atoms with Crippen LogP contribution in [-0.4, -0.2) is 147 Å². The molecule has 12 N–H and O–H groups in total. The van der Waals surface area contributed by atoms with Gasteiger partial charge in [0.15, 0.2) is 45.5 Å². The number of β-lactam (4-membered cyclic amide) rings is 2. The molecule has 472 valence electrons. The maximum Gasteiger partial charge on any atom is 0.442 e. The SMILES string of the molecule is C[n+]1cc(-c2ccc(OC[C@H](O/N=C(\C(=O)N[C@@H]3C(=O)N(OS(=O)(=O)ON4C(=O)[C@@H](NC(=O)/C(=N\O[C@@H](COc5ccc(-c6ccc(CCCN)[n+](C)c6)cc5)C(=O)O)c5csc(N)n5)C4(C)C)C3(C)C)c3csc(N)n3)C(=O)O)cc2)ccc1CCCN. The van der Waals surface area contributed by atoms with Crippen LogP contribution in [0.1, 0.15) is 63.3 Å². The molecule has 2 saturated heterocycles. The summed E-state index contributed by atoms with van der Waals surface area (Å²) in [5, 5.41) is 35.8. The highest BCUT2D eigenvalue weighted by atomic mass is 32.3. The molecule has 2 aliphatic rings. The number of benzene rings is 2. The zero-order valence-corrected chi connectivity index (χ0v) is 51.4. The first-order valence-corrected chi connectivity index (χ1v) is 30.4. The number of carbonyl (C=O) groups is 6. The Morgan fingerprint density at radius 3 is 1.29 bits per heavy atom. The highest BCUT2D eigenvalue weighted by Crippen LogP contribution is 2.37. The molecule has 4 atom stereocenters. The van der Waals surface area contributed by atoms with Gasteiger partial charge in [-0.1, -0.05) is 34.6 Å². The number of carboxylic acids is 2. The van der Waals surface area contributed by atoms with E-state index in [1.807, 2.05) is 59.9 Å². The number of aryl methyl sites for hydroxylation is 4. The Kier molecular flexibility index (Phi) is 20.6. The van der Waals surface area contributed by atoms with E-state index in [9.17, 15) is 47.4 Å². The molecule has 0 spiro atoms. The number of carboxylic acid groups (broad SMARTS) is 2. The lowest BCUT2D eigenvalue weighted by Crippen LogP contribution is -2.78. The molecule has 2 fully saturated rings. The van der Waals surface area contributed by atoms with Crippen LogP contribution in [0.2, 0.25) is 0 Å². The molecule has 33 heteroatoms. The minimum Gasteiger partial charge on any atom is -0.489 e. The molecule has 0 aliphatic carbocycles. The maximum absolute atomic E-state index is 13.9. The van der Waals surface area contributed by atoms with Gasteiger partial charge in [-0.2, -0.15) is 18.5 Å². The molecule has 6 aromatic rings. The van der Waals surface area contributed by atoms with E-state index in [1.54, 1.807) is 48.5 Å². The second kappa shape index (κ2) is 27.8. The van der Waals surface area contributed by atoms with Crippen LogP contribution in [0.3, 0.4) is 0 Å². The van der Waals surface area contributed by atoms with Gasteiger partial charge in [0.1, 0.15) is 62.3 Å². The lowest BCUT2D eigenvalue weighted by molar-refractivity contribution is -0.678. The molecular weight excluding hydrogens is 1220 g/mol. The van der Waals surface area contributed by atoms with Crippen molar-refractivity contribution >= 4 is 90.3 Å². The summed E-state index contributed by atoms with van der Waals surface area (Å²) in [5.41, 5.74) is 23.9. The first-order chi connectivity index (χ1) is 42.2. The lowest BCUT2D eigenvalue weighted by Gasteiger charge is -2.52. The molecule has 0 radical (unpaired) electrons. The van der Waals surface area contributed by atoms with Crippen LogP contribution in [0.5, 0.6) is 11.5 Å². The number of carbonyl (C=O) groups excluding carboxylic acids is 4.